The minimum Gasteiger partial charge on any atom is -0.339 e. The van der Waals surface area contributed by atoms with E-state index in [2.05, 4.69) is 15.3 Å². The summed E-state index contributed by atoms with van der Waals surface area (Å²) in [6.07, 6.45) is 3.88. The lowest BCUT2D eigenvalue weighted by molar-refractivity contribution is 0.388. The van der Waals surface area contributed by atoms with Crippen LogP contribution in [-0.4, -0.2) is 29.2 Å². The van der Waals surface area contributed by atoms with E-state index in [-0.39, 0.29) is 18.0 Å². The predicted molar refractivity (Wildman–Crippen MR) is 122 cm³/mol. The molecular formula is C24H21FN4O2S. The summed E-state index contributed by atoms with van der Waals surface area (Å²) in [5.41, 5.74) is 4.19. The summed E-state index contributed by atoms with van der Waals surface area (Å²) in [5, 5.41) is 4.34. The Morgan fingerprint density at radius 1 is 1.06 bits per heavy atom. The van der Waals surface area contributed by atoms with E-state index in [0.29, 0.717) is 17.8 Å². The smallest absolute Gasteiger partial charge is 0.246 e. The van der Waals surface area contributed by atoms with Gasteiger partial charge in [0.1, 0.15) is 16.5 Å². The van der Waals surface area contributed by atoms with E-state index in [9.17, 15) is 12.8 Å². The van der Waals surface area contributed by atoms with Gasteiger partial charge in [0, 0.05) is 30.2 Å². The lowest BCUT2D eigenvalue weighted by atomic mass is 10.0. The highest BCUT2D eigenvalue weighted by Gasteiger charge is 2.31. The molecule has 0 saturated heterocycles. The molecule has 3 heterocycles. The number of anilines is 2. The maximum Gasteiger partial charge on any atom is 0.246 e. The van der Waals surface area contributed by atoms with Gasteiger partial charge in [-0.2, -0.15) is 4.31 Å². The Morgan fingerprint density at radius 3 is 2.75 bits per heavy atom. The van der Waals surface area contributed by atoms with Crippen molar-refractivity contribution in [3.05, 3.63) is 89.5 Å². The molecule has 2 aromatic carbocycles. The third kappa shape index (κ3) is 3.72. The van der Waals surface area contributed by atoms with Crippen molar-refractivity contribution in [2.24, 2.45) is 0 Å². The highest BCUT2D eigenvalue weighted by molar-refractivity contribution is 7.89. The molecule has 0 atom stereocenters. The molecule has 0 saturated carbocycles. The number of sulfonamides is 1. The first kappa shape index (κ1) is 20.5. The average molecular weight is 449 g/mol. The normalized spacial score (nSPS) is 14.3. The van der Waals surface area contributed by atoms with Gasteiger partial charge in [-0.25, -0.2) is 17.8 Å². The number of aryl methyl sites for hydroxylation is 1. The van der Waals surface area contributed by atoms with Crippen molar-refractivity contribution in [2.45, 2.75) is 24.8 Å². The Balaban J connectivity index is 1.43. The molecule has 0 bridgehead atoms. The lowest BCUT2D eigenvalue weighted by Crippen LogP contribution is -2.36. The molecule has 1 aliphatic rings. The van der Waals surface area contributed by atoms with Crippen molar-refractivity contribution < 1.29 is 12.8 Å². The number of benzene rings is 2. The molecule has 6 nitrogen and oxygen atoms in total. The summed E-state index contributed by atoms with van der Waals surface area (Å²) in [6.45, 7) is 2.14. The number of hydrogen-bond acceptors (Lipinski definition) is 5. The summed E-state index contributed by atoms with van der Waals surface area (Å²) in [6, 6.07) is 15.9. The number of nitrogens with zero attached hydrogens (tertiary/aromatic N) is 3. The number of halogens is 1. The third-order valence-corrected chi connectivity index (χ3v) is 7.55. The van der Waals surface area contributed by atoms with Crippen LogP contribution in [0.4, 0.5) is 15.9 Å². The standard InChI is InChI=1S/C24H21FN4O2S/c1-16-6-7-23(21(25)12-16)32(30,31)29-11-9-20-18(15-29)8-10-26-24(20)28-19-13-17-4-2-3-5-22(17)27-14-19/h2-8,10,12-14H,9,11,15H2,1H3,(H,26,28). The van der Waals surface area contributed by atoms with Gasteiger partial charge in [0.2, 0.25) is 10.0 Å². The maximum absolute atomic E-state index is 14.4. The summed E-state index contributed by atoms with van der Waals surface area (Å²) in [4.78, 5) is 8.65. The largest absolute Gasteiger partial charge is 0.339 e. The fourth-order valence-corrected chi connectivity index (χ4v) is 5.47. The van der Waals surface area contributed by atoms with E-state index in [1.807, 2.05) is 36.4 Å². The maximum atomic E-state index is 14.4. The fraction of sp³-hybridized carbons (Fsp3) is 0.167. The predicted octanol–water partition coefficient (Wildman–Crippen LogP) is 4.57. The van der Waals surface area contributed by atoms with Crippen LogP contribution in [0.2, 0.25) is 0 Å². The molecule has 2 aromatic heterocycles. The first-order valence-electron chi connectivity index (χ1n) is 10.3. The molecule has 0 spiro atoms. The van der Waals surface area contributed by atoms with Crippen LogP contribution in [0.25, 0.3) is 10.9 Å². The summed E-state index contributed by atoms with van der Waals surface area (Å²) < 4.78 is 41.9. The number of nitrogens with one attached hydrogen (secondary N) is 1. The first-order valence-corrected chi connectivity index (χ1v) is 11.7. The zero-order chi connectivity index (χ0) is 22.3. The number of rotatable bonds is 4. The molecule has 8 heteroatoms. The minimum atomic E-state index is -3.94. The topological polar surface area (TPSA) is 75.2 Å². The molecule has 0 unspecified atom stereocenters. The van der Waals surface area contributed by atoms with Gasteiger partial charge in [0.15, 0.2) is 0 Å². The Labute approximate surface area is 185 Å². The molecule has 32 heavy (non-hydrogen) atoms. The van der Waals surface area contributed by atoms with Crippen LogP contribution in [0.3, 0.4) is 0 Å². The van der Waals surface area contributed by atoms with Crippen LogP contribution in [0.5, 0.6) is 0 Å². The van der Waals surface area contributed by atoms with E-state index < -0.39 is 15.8 Å². The van der Waals surface area contributed by atoms with Crippen molar-refractivity contribution >= 4 is 32.4 Å². The van der Waals surface area contributed by atoms with Gasteiger partial charge in [-0.1, -0.05) is 24.3 Å². The van der Waals surface area contributed by atoms with Gasteiger partial charge < -0.3 is 5.32 Å². The second-order valence-corrected chi connectivity index (χ2v) is 9.77. The monoisotopic (exact) mass is 448 g/mol. The number of para-hydroxylation sites is 1. The van der Waals surface area contributed by atoms with Crippen LogP contribution < -0.4 is 5.32 Å². The van der Waals surface area contributed by atoms with Crippen molar-refractivity contribution in [1.82, 2.24) is 14.3 Å². The van der Waals surface area contributed by atoms with E-state index in [1.54, 1.807) is 25.4 Å². The van der Waals surface area contributed by atoms with Crippen molar-refractivity contribution in [2.75, 3.05) is 11.9 Å². The van der Waals surface area contributed by atoms with Gasteiger partial charge in [-0.05, 0) is 54.8 Å². The molecule has 0 radical (unpaired) electrons. The fourth-order valence-electron chi connectivity index (χ4n) is 4.01. The molecular weight excluding hydrogens is 427 g/mol. The second kappa shape index (κ2) is 7.96. The van der Waals surface area contributed by atoms with Crippen LogP contribution in [0, 0.1) is 12.7 Å². The summed E-state index contributed by atoms with van der Waals surface area (Å²) >= 11 is 0. The molecule has 5 rings (SSSR count). The Morgan fingerprint density at radius 2 is 1.91 bits per heavy atom. The van der Waals surface area contributed by atoms with Crippen molar-refractivity contribution in [3.63, 3.8) is 0 Å². The van der Waals surface area contributed by atoms with E-state index in [1.165, 1.54) is 16.4 Å². The highest BCUT2D eigenvalue weighted by Crippen LogP contribution is 2.31. The second-order valence-electron chi connectivity index (χ2n) is 7.86. The van der Waals surface area contributed by atoms with E-state index in [4.69, 9.17) is 0 Å². The average Bonchev–Trinajstić information content (AvgIpc) is 2.78. The van der Waals surface area contributed by atoms with E-state index in [0.717, 1.165) is 27.7 Å². The first-order chi connectivity index (χ1) is 15.4. The zero-order valence-corrected chi connectivity index (χ0v) is 18.2. The molecule has 0 fully saturated rings. The quantitative estimate of drug-likeness (QED) is 0.495. The van der Waals surface area contributed by atoms with Crippen LogP contribution in [0.15, 0.2) is 71.9 Å². The molecule has 0 aliphatic carbocycles. The summed E-state index contributed by atoms with van der Waals surface area (Å²) in [7, 11) is -3.94. The number of pyridine rings is 2. The van der Waals surface area contributed by atoms with Crippen LogP contribution >= 0.6 is 0 Å². The Bertz CT molecular complexity index is 1440. The van der Waals surface area contributed by atoms with Gasteiger partial charge >= 0.3 is 0 Å². The number of aromatic nitrogens is 2. The van der Waals surface area contributed by atoms with Crippen LogP contribution in [-0.2, 0) is 23.0 Å². The number of hydrogen-bond donors (Lipinski definition) is 1. The zero-order valence-electron chi connectivity index (χ0n) is 17.4. The van der Waals surface area contributed by atoms with Crippen LogP contribution in [0.1, 0.15) is 16.7 Å². The van der Waals surface area contributed by atoms with E-state index >= 15 is 0 Å². The van der Waals surface area contributed by atoms with Gasteiger partial charge in [-0.15, -0.1) is 0 Å². The number of fused-ring (bicyclic) bond motifs is 2. The van der Waals surface area contributed by atoms with Gasteiger partial charge in [0.25, 0.3) is 0 Å². The molecule has 0 amide bonds. The van der Waals surface area contributed by atoms with Gasteiger partial charge in [-0.3, -0.25) is 4.98 Å². The van der Waals surface area contributed by atoms with Gasteiger partial charge in [0.05, 0.1) is 17.4 Å². The Hall–Kier alpha value is -3.36. The SMILES string of the molecule is Cc1ccc(S(=O)(=O)N2CCc3c(ccnc3Nc3cnc4ccccc4c3)C2)c(F)c1. The third-order valence-electron chi connectivity index (χ3n) is 5.67. The molecule has 4 aromatic rings. The minimum absolute atomic E-state index is 0.165. The Kier molecular flexibility index (Phi) is 5.11. The lowest BCUT2D eigenvalue weighted by Gasteiger charge is -2.29. The van der Waals surface area contributed by atoms with Crippen molar-refractivity contribution in [1.29, 1.82) is 0 Å². The molecule has 1 aliphatic heterocycles. The van der Waals surface area contributed by atoms with Crippen molar-refractivity contribution in [3.8, 4) is 0 Å². The molecule has 162 valence electrons. The highest BCUT2D eigenvalue weighted by atomic mass is 32.2. The molecule has 1 N–H and O–H groups in total. The summed E-state index contributed by atoms with van der Waals surface area (Å²) in [5.74, 6) is -0.0465.